The number of aliphatic carboxylic acids is 1. The Balaban J connectivity index is 2.78. The molecule has 3 nitrogen and oxygen atoms in total. The monoisotopic (exact) mass is 213 g/mol. The molecule has 1 N–H and O–H groups in total. The molecule has 0 bridgehead atoms. The Morgan fingerprint density at radius 1 is 1.47 bits per heavy atom. The molecule has 15 heavy (non-hydrogen) atoms. The van der Waals surface area contributed by atoms with Crippen LogP contribution in [0.2, 0.25) is 0 Å². The molecule has 1 aliphatic rings. The van der Waals surface area contributed by atoms with Gasteiger partial charge in [0.15, 0.2) is 0 Å². The fourth-order valence-electron chi connectivity index (χ4n) is 2.77. The molecule has 0 aliphatic carbocycles. The Morgan fingerprint density at radius 2 is 2.07 bits per heavy atom. The average molecular weight is 213 g/mol. The second-order valence-corrected chi connectivity index (χ2v) is 4.61. The number of likely N-dealkylation sites (tertiary alicyclic amines) is 1. The second-order valence-electron chi connectivity index (χ2n) is 4.61. The van der Waals surface area contributed by atoms with E-state index in [1.807, 2.05) is 0 Å². The highest BCUT2D eigenvalue weighted by atomic mass is 16.4. The molecule has 1 aliphatic heterocycles. The van der Waals surface area contributed by atoms with Gasteiger partial charge in [-0.1, -0.05) is 20.8 Å². The number of piperidine rings is 1. The summed E-state index contributed by atoms with van der Waals surface area (Å²) < 4.78 is 0. The highest BCUT2D eigenvalue weighted by molar-refractivity contribution is 5.74. The maximum Gasteiger partial charge on any atom is 0.321 e. The number of carbonyl (C=O) groups is 1. The SMILES string of the molecule is CCC(CC)N1CCCC(C)C1C(=O)O. The minimum absolute atomic E-state index is 0.261. The van der Waals surface area contributed by atoms with E-state index in [0.717, 1.165) is 32.2 Å². The molecule has 0 aromatic rings. The standard InChI is InChI=1S/C12H23NO2/c1-4-10(5-2)13-8-6-7-9(3)11(13)12(14)15/h9-11H,4-8H2,1-3H3,(H,14,15). The molecule has 88 valence electrons. The van der Waals surface area contributed by atoms with Gasteiger partial charge in [0.05, 0.1) is 0 Å². The molecular formula is C12H23NO2. The molecule has 0 aromatic carbocycles. The molecule has 0 radical (unpaired) electrons. The van der Waals surface area contributed by atoms with Crippen LogP contribution in [-0.2, 0) is 4.79 Å². The first-order chi connectivity index (χ1) is 7.11. The summed E-state index contributed by atoms with van der Waals surface area (Å²) in [4.78, 5) is 13.5. The molecule has 0 spiro atoms. The van der Waals surface area contributed by atoms with Crippen molar-refractivity contribution in [2.45, 2.75) is 58.5 Å². The molecule has 0 aromatic heterocycles. The first kappa shape index (κ1) is 12.5. The van der Waals surface area contributed by atoms with Gasteiger partial charge in [-0.25, -0.2) is 0 Å². The molecule has 2 atom stereocenters. The van der Waals surface area contributed by atoms with Crippen LogP contribution >= 0.6 is 0 Å². The van der Waals surface area contributed by atoms with E-state index in [4.69, 9.17) is 0 Å². The fourth-order valence-corrected chi connectivity index (χ4v) is 2.77. The van der Waals surface area contributed by atoms with E-state index in [2.05, 4.69) is 25.7 Å². The van der Waals surface area contributed by atoms with Crippen molar-refractivity contribution in [2.24, 2.45) is 5.92 Å². The molecule has 2 unspecified atom stereocenters. The van der Waals surface area contributed by atoms with Crippen molar-refractivity contribution in [3.63, 3.8) is 0 Å². The van der Waals surface area contributed by atoms with Crippen LogP contribution in [-0.4, -0.2) is 34.6 Å². The third-order valence-electron chi connectivity index (χ3n) is 3.64. The zero-order valence-electron chi connectivity index (χ0n) is 10.1. The molecule has 1 saturated heterocycles. The van der Waals surface area contributed by atoms with Crippen molar-refractivity contribution in [2.75, 3.05) is 6.54 Å². The lowest BCUT2D eigenvalue weighted by Gasteiger charge is -2.41. The van der Waals surface area contributed by atoms with E-state index in [1.54, 1.807) is 0 Å². The maximum absolute atomic E-state index is 11.3. The van der Waals surface area contributed by atoms with Gasteiger partial charge in [0.1, 0.15) is 6.04 Å². The summed E-state index contributed by atoms with van der Waals surface area (Å²) in [5, 5.41) is 9.28. The van der Waals surface area contributed by atoms with Crippen LogP contribution in [0.3, 0.4) is 0 Å². The zero-order valence-corrected chi connectivity index (χ0v) is 10.1. The first-order valence-corrected chi connectivity index (χ1v) is 6.10. The van der Waals surface area contributed by atoms with Crippen LogP contribution in [0.15, 0.2) is 0 Å². The quantitative estimate of drug-likeness (QED) is 0.779. The summed E-state index contributed by atoms with van der Waals surface area (Å²) >= 11 is 0. The average Bonchev–Trinajstić information content (AvgIpc) is 2.19. The first-order valence-electron chi connectivity index (χ1n) is 6.10. The lowest BCUT2D eigenvalue weighted by molar-refractivity contribution is -0.148. The minimum Gasteiger partial charge on any atom is -0.480 e. The number of rotatable bonds is 4. The summed E-state index contributed by atoms with van der Waals surface area (Å²) in [5.41, 5.74) is 0. The van der Waals surface area contributed by atoms with Crippen LogP contribution in [0.5, 0.6) is 0 Å². The van der Waals surface area contributed by atoms with Crippen LogP contribution in [0.1, 0.15) is 46.5 Å². The van der Waals surface area contributed by atoms with Crippen molar-refractivity contribution in [3.8, 4) is 0 Å². The van der Waals surface area contributed by atoms with Crippen LogP contribution in [0, 0.1) is 5.92 Å². The lowest BCUT2D eigenvalue weighted by Crippen LogP contribution is -2.53. The fraction of sp³-hybridized carbons (Fsp3) is 0.917. The molecule has 3 heteroatoms. The topological polar surface area (TPSA) is 40.5 Å². The van der Waals surface area contributed by atoms with Gasteiger partial charge < -0.3 is 5.11 Å². The number of carboxylic acid groups (broad SMARTS) is 1. The highest BCUT2D eigenvalue weighted by Crippen LogP contribution is 2.27. The Hall–Kier alpha value is -0.570. The number of hydrogen-bond donors (Lipinski definition) is 1. The predicted octanol–water partition coefficient (Wildman–Crippen LogP) is 2.36. The molecule has 0 amide bonds. The van der Waals surface area contributed by atoms with E-state index >= 15 is 0 Å². The minimum atomic E-state index is -0.644. The summed E-state index contributed by atoms with van der Waals surface area (Å²) in [6, 6.07) is 0.178. The van der Waals surface area contributed by atoms with Crippen molar-refractivity contribution in [1.82, 2.24) is 4.90 Å². The Morgan fingerprint density at radius 3 is 2.53 bits per heavy atom. The Bertz CT molecular complexity index is 214. The van der Waals surface area contributed by atoms with Gasteiger partial charge >= 0.3 is 5.97 Å². The van der Waals surface area contributed by atoms with Crippen LogP contribution in [0.25, 0.3) is 0 Å². The number of hydrogen-bond acceptors (Lipinski definition) is 2. The van der Waals surface area contributed by atoms with E-state index in [9.17, 15) is 9.90 Å². The van der Waals surface area contributed by atoms with E-state index in [-0.39, 0.29) is 12.0 Å². The molecular weight excluding hydrogens is 190 g/mol. The second kappa shape index (κ2) is 5.50. The predicted molar refractivity (Wildman–Crippen MR) is 60.9 cm³/mol. The Kier molecular flexibility index (Phi) is 4.58. The maximum atomic E-state index is 11.3. The van der Waals surface area contributed by atoms with Crippen molar-refractivity contribution in [1.29, 1.82) is 0 Å². The normalized spacial score (nSPS) is 28.3. The molecule has 1 heterocycles. The summed E-state index contributed by atoms with van der Waals surface area (Å²) in [6.45, 7) is 7.31. The lowest BCUT2D eigenvalue weighted by atomic mass is 9.88. The number of carboxylic acids is 1. The van der Waals surface area contributed by atoms with Gasteiger partial charge in [0.2, 0.25) is 0 Å². The summed E-state index contributed by atoms with van der Waals surface area (Å²) in [7, 11) is 0. The van der Waals surface area contributed by atoms with Crippen molar-refractivity contribution in [3.05, 3.63) is 0 Å². The van der Waals surface area contributed by atoms with E-state index in [1.165, 1.54) is 0 Å². The summed E-state index contributed by atoms with van der Waals surface area (Å²) in [6.07, 6.45) is 4.29. The van der Waals surface area contributed by atoms with Gasteiger partial charge in [0, 0.05) is 6.04 Å². The van der Waals surface area contributed by atoms with E-state index in [0.29, 0.717) is 6.04 Å². The summed E-state index contributed by atoms with van der Waals surface area (Å²) in [5.74, 6) is -0.356. The molecule has 0 saturated carbocycles. The third kappa shape index (κ3) is 2.71. The van der Waals surface area contributed by atoms with Gasteiger partial charge in [-0.15, -0.1) is 0 Å². The number of nitrogens with zero attached hydrogens (tertiary/aromatic N) is 1. The smallest absolute Gasteiger partial charge is 0.321 e. The molecule has 1 fully saturated rings. The van der Waals surface area contributed by atoms with Crippen LogP contribution < -0.4 is 0 Å². The van der Waals surface area contributed by atoms with Gasteiger partial charge in [-0.3, -0.25) is 9.69 Å². The van der Waals surface area contributed by atoms with Crippen LogP contribution in [0.4, 0.5) is 0 Å². The Labute approximate surface area is 92.5 Å². The van der Waals surface area contributed by atoms with Gasteiger partial charge in [-0.05, 0) is 38.1 Å². The highest BCUT2D eigenvalue weighted by Gasteiger charge is 2.36. The van der Waals surface area contributed by atoms with Gasteiger partial charge in [-0.2, -0.15) is 0 Å². The van der Waals surface area contributed by atoms with Gasteiger partial charge in [0.25, 0.3) is 0 Å². The molecule has 1 rings (SSSR count). The van der Waals surface area contributed by atoms with Crippen molar-refractivity contribution >= 4 is 5.97 Å². The third-order valence-corrected chi connectivity index (χ3v) is 3.64. The largest absolute Gasteiger partial charge is 0.480 e. The zero-order chi connectivity index (χ0) is 11.4. The van der Waals surface area contributed by atoms with Crippen molar-refractivity contribution < 1.29 is 9.90 Å². The van der Waals surface area contributed by atoms with E-state index < -0.39 is 5.97 Å².